The van der Waals surface area contributed by atoms with Crippen molar-refractivity contribution >= 4 is 29.3 Å². The first-order valence-corrected chi connectivity index (χ1v) is 9.75. The van der Waals surface area contributed by atoms with Gasteiger partial charge in [0.25, 0.3) is 0 Å². The van der Waals surface area contributed by atoms with Crippen LogP contribution < -0.4 is 5.32 Å². The van der Waals surface area contributed by atoms with Gasteiger partial charge in [0.15, 0.2) is 0 Å². The van der Waals surface area contributed by atoms with Gasteiger partial charge in [0.2, 0.25) is 5.91 Å². The summed E-state index contributed by atoms with van der Waals surface area (Å²) in [5.41, 5.74) is 2.54. The van der Waals surface area contributed by atoms with Gasteiger partial charge < -0.3 is 5.32 Å². The van der Waals surface area contributed by atoms with Crippen LogP contribution in [0.1, 0.15) is 51.8 Å². The molecule has 0 aromatic heterocycles. The number of benzene rings is 2. The summed E-state index contributed by atoms with van der Waals surface area (Å²) in [6, 6.07) is 16.0. The number of halogens is 1. The van der Waals surface area contributed by atoms with Crippen molar-refractivity contribution in [2.24, 2.45) is 0 Å². The Morgan fingerprint density at radius 3 is 2.08 bits per heavy atom. The van der Waals surface area contributed by atoms with E-state index in [0.717, 1.165) is 10.5 Å². The minimum Gasteiger partial charge on any atom is -0.349 e. The third-order valence-corrected chi connectivity index (χ3v) is 5.50. The van der Waals surface area contributed by atoms with E-state index < -0.39 is 0 Å². The van der Waals surface area contributed by atoms with E-state index in [1.807, 2.05) is 38.1 Å². The van der Waals surface area contributed by atoms with Crippen molar-refractivity contribution in [1.29, 1.82) is 0 Å². The van der Waals surface area contributed by atoms with Crippen LogP contribution in [-0.2, 0) is 10.2 Å². The summed E-state index contributed by atoms with van der Waals surface area (Å²) in [6.07, 6.45) is 0. The van der Waals surface area contributed by atoms with E-state index in [4.69, 9.17) is 11.6 Å². The summed E-state index contributed by atoms with van der Waals surface area (Å²) < 4.78 is 0. The van der Waals surface area contributed by atoms with Crippen LogP contribution in [0, 0.1) is 0 Å². The fourth-order valence-electron chi connectivity index (χ4n) is 2.46. The molecule has 0 saturated heterocycles. The van der Waals surface area contributed by atoms with Crippen molar-refractivity contribution in [3.63, 3.8) is 0 Å². The lowest BCUT2D eigenvalue weighted by molar-refractivity contribution is -0.120. The summed E-state index contributed by atoms with van der Waals surface area (Å²) in [4.78, 5) is 13.5. The van der Waals surface area contributed by atoms with Crippen molar-refractivity contribution in [3.05, 3.63) is 64.7 Å². The SMILES string of the molecule is C[C@H](Sc1ccc(Cl)cc1)C(=O)N[C@H](C)c1ccc(C(C)(C)C)cc1. The second kappa shape index (κ2) is 8.29. The molecule has 0 aliphatic heterocycles. The van der Waals surface area contributed by atoms with Crippen LogP contribution in [0.3, 0.4) is 0 Å². The molecule has 2 aromatic rings. The molecule has 25 heavy (non-hydrogen) atoms. The van der Waals surface area contributed by atoms with Gasteiger partial charge in [-0.05, 0) is 54.7 Å². The quantitative estimate of drug-likeness (QED) is 0.649. The minimum atomic E-state index is -0.169. The van der Waals surface area contributed by atoms with Crippen molar-refractivity contribution in [3.8, 4) is 0 Å². The topological polar surface area (TPSA) is 29.1 Å². The fourth-order valence-corrected chi connectivity index (χ4v) is 3.46. The Hall–Kier alpha value is -1.45. The van der Waals surface area contributed by atoms with Crippen LogP contribution in [0.25, 0.3) is 0 Å². The van der Waals surface area contributed by atoms with E-state index in [-0.39, 0.29) is 22.6 Å². The molecule has 0 fully saturated rings. The van der Waals surface area contributed by atoms with E-state index in [1.54, 1.807) is 0 Å². The molecular formula is C21H26ClNOS. The summed E-state index contributed by atoms with van der Waals surface area (Å²) in [5, 5.41) is 3.63. The summed E-state index contributed by atoms with van der Waals surface area (Å²) in [5.74, 6) is 0.0346. The van der Waals surface area contributed by atoms with E-state index in [1.165, 1.54) is 17.3 Å². The molecule has 2 aromatic carbocycles. The highest BCUT2D eigenvalue weighted by Crippen LogP contribution is 2.26. The lowest BCUT2D eigenvalue weighted by Gasteiger charge is -2.21. The number of carbonyl (C=O) groups excluding carboxylic acids is 1. The monoisotopic (exact) mass is 375 g/mol. The second-order valence-corrected chi connectivity index (χ2v) is 9.17. The molecule has 2 nitrogen and oxygen atoms in total. The van der Waals surface area contributed by atoms with E-state index in [0.29, 0.717) is 5.02 Å². The van der Waals surface area contributed by atoms with Crippen molar-refractivity contribution in [2.75, 3.05) is 0 Å². The van der Waals surface area contributed by atoms with Crippen LogP contribution in [0.15, 0.2) is 53.4 Å². The summed E-state index contributed by atoms with van der Waals surface area (Å²) in [6.45, 7) is 10.5. The lowest BCUT2D eigenvalue weighted by Crippen LogP contribution is -2.33. The molecule has 0 aliphatic carbocycles. The Morgan fingerprint density at radius 1 is 1.00 bits per heavy atom. The molecule has 1 amide bonds. The summed E-state index contributed by atoms with van der Waals surface area (Å²) >= 11 is 7.43. The van der Waals surface area contributed by atoms with Gasteiger partial charge in [-0.15, -0.1) is 11.8 Å². The highest BCUT2D eigenvalue weighted by molar-refractivity contribution is 8.00. The van der Waals surface area contributed by atoms with Gasteiger partial charge in [0, 0.05) is 9.92 Å². The zero-order valence-electron chi connectivity index (χ0n) is 15.5. The van der Waals surface area contributed by atoms with Crippen LogP contribution in [0.2, 0.25) is 5.02 Å². The summed E-state index contributed by atoms with van der Waals surface area (Å²) in [7, 11) is 0. The molecule has 0 radical (unpaired) electrons. The third kappa shape index (κ3) is 5.79. The minimum absolute atomic E-state index is 0.0187. The van der Waals surface area contributed by atoms with Crippen LogP contribution in [0.5, 0.6) is 0 Å². The highest BCUT2D eigenvalue weighted by atomic mass is 35.5. The average molecular weight is 376 g/mol. The zero-order chi connectivity index (χ0) is 18.6. The molecule has 0 heterocycles. The smallest absolute Gasteiger partial charge is 0.233 e. The molecule has 2 atom stereocenters. The van der Waals surface area contributed by atoms with E-state index in [2.05, 4.69) is 50.4 Å². The predicted octanol–water partition coefficient (Wildman–Crippen LogP) is 6.00. The maximum absolute atomic E-state index is 12.5. The predicted molar refractivity (Wildman–Crippen MR) is 108 cm³/mol. The molecule has 0 saturated carbocycles. The standard InChI is InChI=1S/C21H26ClNOS/c1-14(16-6-8-17(9-7-16)21(3,4)5)23-20(24)15(2)25-19-12-10-18(22)11-13-19/h6-15H,1-5H3,(H,23,24)/t14-,15+/m1/s1. The Kier molecular flexibility index (Phi) is 6.59. The van der Waals surface area contributed by atoms with Crippen molar-refractivity contribution in [2.45, 2.75) is 56.2 Å². The average Bonchev–Trinajstić information content (AvgIpc) is 2.56. The largest absolute Gasteiger partial charge is 0.349 e. The first-order valence-electron chi connectivity index (χ1n) is 8.50. The molecule has 134 valence electrons. The molecule has 0 bridgehead atoms. The molecule has 4 heteroatoms. The van der Waals surface area contributed by atoms with Crippen molar-refractivity contribution < 1.29 is 4.79 Å². The number of thioether (sulfide) groups is 1. The third-order valence-electron chi connectivity index (χ3n) is 4.13. The van der Waals surface area contributed by atoms with Crippen LogP contribution in [0.4, 0.5) is 0 Å². The fraction of sp³-hybridized carbons (Fsp3) is 0.381. The van der Waals surface area contributed by atoms with Crippen LogP contribution in [-0.4, -0.2) is 11.2 Å². The Bertz CT molecular complexity index is 704. The first-order chi connectivity index (χ1) is 11.7. The Labute approximate surface area is 160 Å². The maximum Gasteiger partial charge on any atom is 0.233 e. The van der Waals surface area contributed by atoms with Crippen LogP contribution >= 0.6 is 23.4 Å². The van der Waals surface area contributed by atoms with Crippen molar-refractivity contribution in [1.82, 2.24) is 5.32 Å². The van der Waals surface area contributed by atoms with Gasteiger partial charge in [-0.25, -0.2) is 0 Å². The van der Waals surface area contributed by atoms with Gasteiger partial charge in [-0.3, -0.25) is 4.79 Å². The molecule has 1 N–H and O–H groups in total. The highest BCUT2D eigenvalue weighted by Gasteiger charge is 2.18. The van der Waals surface area contributed by atoms with Gasteiger partial charge in [-0.1, -0.05) is 56.6 Å². The molecule has 0 aliphatic rings. The Morgan fingerprint density at radius 2 is 1.56 bits per heavy atom. The molecule has 0 spiro atoms. The second-order valence-electron chi connectivity index (χ2n) is 7.32. The lowest BCUT2D eigenvalue weighted by atomic mass is 9.86. The van der Waals surface area contributed by atoms with Gasteiger partial charge in [0.05, 0.1) is 11.3 Å². The number of hydrogen-bond acceptors (Lipinski definition) is 2. The number of hydrogen-bond donors (Lipinski definition) is 1. The number of rotatable bonds is 5. The number of amides is 1. The van der Waals surface area contributed by atoms with Gasteiger partial charge in [0.1, 0.15) is 0 Å². The Balaban J connectivity index is 1.95. The molecular weight excluding hydrogens is 350 g/mol. The van der Waals surface area contributed by atoms with Gasteiger partial charge >= 0.3 is 0 Å². The van der Waals surface area contributed by atoms with E-state index in [9.17, 15) is 4.79 Å². The van der Waals surface area contributed by atoms with E-state index >= 15 is 0 Å². The van der Waals surface area contributed by atoms with Gasteiger partial charge in [-0.2, -0.15) is 0 Å². The normalized spacial score (nSPS) is 14.0. The first kappa shape index (κ1) is 19.9. The molecule has 0 unspecified atom stereocenters. The number of carbonyl (C=O) groups is 1. The maximum atomic E-state index is 12.5. The number of nitrogens with one attached hydrogen (secondary N) is 1. The molecule has 2 rings (SSSR count). The zero-order valence-corrected chi connectivity index (χ0v) is 17.0.